The van der Waals surface area contributed by atoms with Gasteiger partial charge in [-0.05, 0) is 31.6 Å². The highest BCUT2D eigenvalue weighted by Crippen LogP contribution is 2.52. The van der Waals surface area contributed by atoms with Crippen LogP contribution >= 0.6 is 0 Å². The number of carboxylic acid groups (broad SMARTS) is 1. The zero-order chi connectivity index (χ0) is 18.2. The minimum atomic E-state index is -6.03. The second-order valence-corrected chi connectivity index (χ2v) is 5.73. The third kappa shape index (κ3) is 3.79. The van der Waals surface area contributed by atoms with Gasteiger partial charge >= 0.3 is 18.3 Å². The van der Waals surface area contributed by atoms with Crippen molar-refractivity contribution in [3.8, 4) is 0 Å². The van der Waals surface area contributed by atoms with E-state index in [1.807, 2.05) is 0 Å². The number of hydrogen-bond acceptors (Lipinski definition) is 3. The minimum absolute atomic E-state index is 0.0375. The summed E-state index contributed by atoms with van der Waals surface area (Å²) in [4.78, 5) is 10.7. The van der Waals surface area contributed by atoms with Crippen LogP contribution in [-0.2, 0) is 4.79 Å². The lowest BCUT2D eigenvalue weighted by molar-refractivity contribution is -0.394. The monoisotopic (exact) mass is 350 g/mol. The molecule has 1 saturated carbocycles. The van der Waals surface area contributed by atoms with Crippen molar-refractivity contribution in [1.29, 1.82) is 0 Å². The maximum absolute atomic E-state index is 12.9. The molecule has 134 valence electrons. The molecule has 0 saturated heterocycles. The van der Waals surface area contributed by atoms with E-state index in [2.05, 4.69) is 6.58 Å². The quantitative estimate of drug-likeness (QED) is 0.538. The number of aliphatic hydroxyl groups is 2. The normalized spacial score (nSPS) is 26.9. The number of rotatable bonds is 4. The zero-order valence-electron chi connectivity index (χ0n) is 11.8. The molecule has 4 nitrogen and oxygen atoms in total. The van der Waals surface area contributed by atoms with Crippen molar-refractivity contribution in [2.45, 2.75) is 49.7 Å². The van der Waals surface area contributed by atoms with E-state index in [0.29, 0.717) is 0 Å². The first kappa shape index (κ1) is 19.8. The first-order chi connectivity index (χ1) is 10.2. The largest absolute Gasteiger partial charge is 0.478 e. The fourth-order valence-corrected chi connectivity index (χ4v) is 2.89. The lowest BCUT2D eigenvalue weighted by Gasteiger charge is -2.44. The third-order valence-corrected chi connectivity index (χ3v) is 4.16. The summed E-state index contributed by atoms with van der Waals surface area (Å²) in [5.74, 6) is -4.79. The van der Waals surface area contributed by atoms with Crippen LogP contribution in [0.4, 0.5) is 26.3 Å². The minimum Gasteiger partial charge on any atom is -0.478 e. The van der Waals surface area contributed by atoms with Crippen LogP contribution in [0.15, 0.2) is 12.2 Å². The highest BCUT2D eigenvalue weighted by molar-refractivity contribution is 5.85. The molecule has 0 aliphatic heterocycles. The first-order valence-electron chi connectivity index (χ1n) is 6.66. The van der Waals surface area contributed by atoms with Gasteiger partial charge in [0.05, 0.1) is 6.10 Å². The zero-order valence-corrected chi connectivity index (χ0v) is 11.8. The molecule has 3 atom stereocenters. The predicted octanol–water partition coefficient (Wildman–Crippen LogP) is 2.65. The van der Waals surface area contributed by atoms with Crippen molar-refractivity contribution in [3.63, 3.8) is 0 Å². The maximum atomic E-state index is 12.9. The van der Waals surface area contributed by atoms with Gasteiger partial charge in [-0.15, -0.1) is 0 Å². The molecular formula is C13H16F6O4. The lowest BCUT2D eigenvalue weighted by atomic mass is 9.69. The Morgan fingerprint density at radius 3 is 1.96 bits per heavy atom. The average Bonchev–Trinajstić information content (AvgIpc) is 2.37. The van der Waals surface area contributed by atoms with E-state index in [-0.39, 0.29) is 18.4 Å². The number of aliphatic carboxylic acids is 1. The van der Waals surface area contributed by atoms with Gasteiger partial charge in [-0.3, -0.25) is 0 Å². The highest BCUT2D eigenvalue weighted by Gasteiger charge is 2.74. The number of halogens is 6. The molecule has 0 radical (unpaired) electrons. The first-order valence-corrected chi connectivity index (χ1v) is 6.66. The smallest absolute Gasteiger partial charge is 0.426 e. The molecule has 0 heterocycles. The highest BCUT2D eigenvalue weighted by atomic mass is 19.4. The van der Waals surface area contributed by atoms with Gasteiger partial charge < -0.3 is 15.3 Å². The number of carbonyl (C=O) groups is 1. The van der Waals surface area contributed by atoms with Crippen LogP contribution < -0.4 is 0 Å². The molecule has 1 aliphatic carbocycles. The Kier molecular flexibility index (Phi) is 5.42. The van der Waals surface area contributed by atoms with E-state index in [1.54, 1.807) is 0 Å². The van der Waals surface area contributed by atoms with Crippen LogP contribution in [0.2, 0.25) is 0 Å². The molecule has 0 bridgehead atoms. The molecule has 1 rings (SSSR count). The molecule has 1 fully saturated rings. The molecule has 3 N–H and O–H groups in total. The predicted molar refractivity (Wildman–Crippen MR) is 65.3 cm³/mol. The van der Waals surface area contributed by atoms with Gasteiger partial charge in [0.1, 0.15) is 0 Å². The topological polar surface area (TPSA) is 77.8 Å². The molecule has 0 aromatic rings. The molecule has 10 heteroatoms. The molecule has 0 aromatic heterocycles. The Labute approximate surface area is 127 Å². The van der Waals surface area contributed by atoms with Crippen LogP contribution in [0.25, 0.3) is 0 Å². The third-order valence-electron chi connectivity index (χ3n) is 4.16. The van der Waals surface area contributed by atoms with Gasteiger partial charge in [0.2, 0.25) is 0 Å². The Morgan fingerprint density at radius 2 is 1.57 bits per heavy atom. The van der Waals surface area contributed by atoms with Crippen molar-refractivity contribution in [2.75, 3.05) is 0 Å². The standard InChI is InChI=1S/C13H16F6O4/c1-6(10(21)22)4-7-2-3-9(20)8(5-7)11(23,12(14,15)16)13(17,18)19/h7-9,20,23H,1-5H2,(H,21,22). The van der Waals surface area contributed by atoms with Crippen LogP contribution in [0.5, 0.6) is 0 Å². The maximum Gasteiger partial charge on any atom is 0.426 e. The van der Waals surface area contributed by atoms with E-state index >= 15 is 0 Å². The van der Waals surface area contributed by atoms with Crippen LogP contribution in [0, 0.1) is 11.8 Å². The number of carboxylic acids is 1. The van der Waals surface area contributed by atoms with Gasteiger partial charge in [-0.2, -0.15) is 26.3 Å². The second kappa shape index (κ2) is 6.31. The van der Waals surface area contributed by atoms with Gasteiger partial charge in [-0.25, -0.2) is 4.79 Å². The van der Waals surface area contributed by atoms with E-state index < -0.39 is 54.7 Å². The van der Waals surface area contributed by atoms with E-state index in [4.69, 9.17) is 5.11 Å². The average molecular weight is 350 g/mol. The van der Waals surface area contributed by atoms with Gasteiger partial charge in [0.25, 0.3) is 5.60 Å². The summed E-state index contributed by atoms with van der Waals surface area (Å²) < 4.78 is 77.3. The molecule has 1 aliphatic rings. The van der Waals surface area contributed by atoms with Crippen LogP contribution in [-0.4, -0.2) is 45.3 Å². The van der Waals surface area contributed by atoms with Crippen molar-refractivity contribution >= 4 is 5.97 Å². The SMILES string of the molecule is C=C(CC1CCC(O)C(C(O)(C(F)(F)F)C(F)(F)F)C1)C(=O)O. The van der Waals surface area contributed by atoms with Gasteiger partial charge in [0.15, 0.2) is 0 Å². The fraction of sp³-hybridized carbons (Fsp3) is 0.769. The summed E-state index contributed by atoms with van der Waals surface area (Å²) in [5.41, 5.74) is -5.41. The molecule has 0 spiro atoms. The second-order valence-electron chi connectivity index (χ2n) is 5.73. The summed E-state index contributed by atoms with van der Waals surface area (Å²) >= 11 is 0. The van der Waals surface area contributed by atoms with Crippen molar-refractivity contribution in [1.82, 2.24) is 0 Å². The van der Waals surface area contributed by atoms with E-state index in [1.165, 1.54) is 0 Å². The van der Waals surface area contributed by atoms with Crippen molar-refractivity contribution < 1.29 is 46.5 Å². The molecule has 3 unspecified atom stereocenters. The number of hydrogen-bond donors (Lipinski definition) is 3. The van der Waals surface area contributed by atoms with Crippen molar-refractivity contribution in [2.24, 2.45) is 11.8 Å². The Bertz CT molecular complexity index is 456. The van der Waals surface area contributed by atoms with Crippen molar-refractivity contribution in [3.05, 3.63) is 12.2 Å². The summed E-state index contributed by atoms with van der Waals surface area (Å²) in [6.07, 6.45) is -15.6. The summed E-state index contributed by atoms with van der Waals surface area (Å²) in [7, 11) is 0. The Morgan fingerprint density at radius 1 is 1.09 bits per heavy atom. The van der Waals surface area contributed by atoms with Crippen LogP contribution in [0.1, 0.15) is 25.7 Å². The molecule has 0 aromatic carbocycles. The van der Waals surface area contributed by atoms with Crippen LogP contribution in [0.3, 0.4) is 0 Å². The summed E-state index contributed by atoms with van der Waals surface area (Å²) in [6.45, 7) is 3.18. The lowest BCUT2D eigenvalue weighted by Crippen LogP contribution is -2.65. The van der Waals surface area contributed by atoms with E-state index in [0.717, 1.165) is 0 Å². The summed E-state index contributed by atoms with van der Waals surface area (Å²) in [5, 5.41) is 27.7. The summed E-state index contributed by atoms with van der Waals surface area (Å²) in [6, 6.07) is 0. The molecule has 0 amide bonds. The molecular weight excluding hydrogens is 334 g/mol. The van der Waals surface area contributed by atoms with Gasteiger partial charge in [-0.1, -0.05) is 6.58 Å². The molecule has 23 heavy (non-hydrogen) atoms. The fourth-order valence-electron chi connectivity index (χ4n) is 2.89. The van der Waals surface area contributed by atoms with E-state index in [9.17, 15) is 41.4 Å². The Hall–Kier alpha value is -1.29. The number of alkyl halides is 6. The Balaban J connectivity index is 3.11. The number of aliphatic hydroxyl groups excluding tert-OH is 1. The van der Waals surface area contributed by atoms with Gasteiger partial charge in [0, 0.05) is 11.5 Å².